The molecule has 1 heterocycles. The second kappa shape index (κ2) is 9.90. The maximum atomic E-state index is 14.2. The molecular weight excluding hydrogens is 494 g/mol. The first-order valence-corrected chi connectivity index (χ1v) is 11.2. The minimum absolute atomic E-state index is 0.182. The topological polar surface area (TPSA) is 75.7 Å². The highest BCUT2D eigenvalue weighted by atomic mass is 35.5. The summed E-state index contributed by atoms with van der Waals surface area (Å²) in [6, 6.07) is 13.3. The van der Waals surface area contributed by atoms with Gasteiger partial charge in [0.1, 0.15) is 17.1 Å². The number of hydrogen-bond donors (Lipinski definition) is 1. The quantitative estimate of drug-likeness (QED) is 0.351. The monoisotopic (exact) mass is 512 g/mol. The molecule has 6 nitrogen and oxygen atoms in total. The van der Waals surface area contributed by atoms with Crippen molar-refractivity contribution in [3.63, 3.8) is 0 Å². The molecule has 0 radical (unpaired) electrons. The van der Waals surface area contributed by atoms with Gasteiger partial charge in [0.2, 0.25) is 0 Å². The highest BCUT2D eigenvalue weighted by Gasteiger charge is 2.37. The Morgan fingerprint density at radius 1 is 1.03 bits per heavy atom. The van der Waals surface area contributed by atoms with E-state index in [1.54, 1.807) is 43.3 Å². The first-order valence-electron chi connectivity index (χ1n) is 10.5. The van der Waals surface area contributed by atoms with Crippen LogP contribution in [-0.4, -0.2) is 25.0 Å². The van der Waals surface area contributed by atoms with E-state index < -0.39 is 17.8 Å². The number of methoxy groups -OCH3 is 1. The van der Waals surface area contributed by atoms with Gasteiger partial charge in [0.15, 0.2) is 0 Å². The van der Waals surface area contributed by atoms with E-state index in [2.05, 4.69) is 5.32 Å². The van der Waals surface area contributed by atoms with Gasteiger partial charge in [-0.25, -0.2) is 14.1 Å². The lowest BCUT2D eigenvalue weighted by molar-refractivity contribution is -0.122. The van der Waals surface area contributed by atoms with Gasteiger partial charge in [-0.1, -0.05) is 47.5 Å². The average Bonchev–Trinajstić information content (AvgIpc) is 2.81. The fourth-order valence-corrected chi connectivity index (χ4v) is 4.14. The third kappa shape index (κ3) is 4.92. The highest BCUT2D eigenvalue weighted by molar-refractivity contribution is 6.39. The number of hydrogen-bond acceptors (Lipinski definition) is 4. The molecule has 4 rings (SSSR count). The Bertz CT molecular complexity index is 1400. The molecule has 0 bridgehead atoms. The molecule has 1 saturated heterocycles. The number of imide groups is 2. The van der Waals surface area contributed by atoms with Crippen LogP contribution in [-0.2, 0) is 16.0 Å². The summed E-state index contributed by atoms with van der Waals surface area (Å²) < 4.78 is 19.6. The van der Waals surface area contributed by atoms with E-state index >= 15 is 0 Å². The van der Waals surface area contributed by atoms with Crippen LogP contribution in [0.2, 0.25) is 10.0 Å². The smallest absolute Gasteiger partial charge is 0.335 e. The zero-order valence-electron chi connectivity index (χ0n) is 18.7. The van der Waals surface area contributed by atoms with Crippen molar-refractivity contribution < 1.29 is 23.5 Å². The lowest BCUT2D eigenvalue weighted by Gasteiger charge is -2.26. The van der Waals surface area contributed by atoms with Gasteiger partial charge in [-0.05, 0) is 60.0 Å². The van der Waals surface area contributed by atoms with Crippen LogP contribution < -0.4 is 15.0 Å². The highest BCUT2D eigenvalue weighted by Crippen LogP contribution is 2.33. The van der Waals surface area contributed by atoms with Crippen LogP contribution in [0.4, 0.5) is 14.9 Å². The predicted molar refractivity (Wildman–Crippen MR) is 132 cm³/mol. The summed E-state index contributed by atoms with van der Waals surface area (Å²) in [4.78, 5) is 39.0. The van der Waals surface area contributed by atoms with Gasteiger partial charge in [-0.15, -0.1) is 0 Å². The Balaban J connectivity index is 1.72. The van der Waals surface area contributed by atoms with Crippen LogP contribution in [0.1, 0.15) is 22.3 Å². The molecule has 178 valence electrons. The van der Waals surface area contributed by atoms with Crippen molar-refractivity contribution in [2.75, 3.05) is 12.0 Å². The number of amides is 4. The Kier molecular flexibility index (Phi) is 6.91. The van der Waals surface area contributed by atoms with Crippen molar-refractivity contribution in [1.82, 2.24) is 5.32 Å². The number of rotatable bonds is 5. The van der Waals surface area contributed by atoms with Crippen LogP contribution in [0.25, 0.3) is 6.08 Å². The molecule has 3 aromatic rings. The number of benzene rings is 3. The van der Waals surface area contributed by atoms with E-state index in [0.29, 0.717) is 27.5 Å². The summed E-state index contributed by atoms with van der Waals surface area (Å²) in [5.74, 6) is -1.68. The third-order valence-electron chi connectivity index (χ3n) is 5.55. The summed E-state index contributed by atoms with van der Waals surface area (Å²) in [5.41, 5.74) is 2.08. The average molecular weight is 513 g/mol. The summed E-state index contributed by atoms with van der Waals surface area (Å²) in [6.45, 7) is 1.78. The summed E-state index contributed by atoms with van der Waals surface area (Å²) in [7, 11) is 1.44. The Labute approximate surface area is 210 Å². The number of aryl methyl sites for hydroxylation is 1. The van der Waals surface area contributed by atoms with Crippen molar-refractivity contribution in [3.8, 4) is 5.75 Å². The standard InChI is InChI=1S/C26H19Cl2FN2O4/c1-14-7-8-17(13-20(14)27)31-25(33)19(24(32)30-26(31)34)9-15-10-21(28)18(23(11-15)35-2)12-16-5-3-4-6-22(16)29/h3-11,13H,12H2,1-2H3,(H,30,32,34)/b19-9+. The molecule has 1 N–H and O–H groups in total. The van der Waals surface area contributed by atoms with Crippen LogP contribution in [0.15, 0.2) is 60.2 Å². The minimum atomic E-state index is -0.882. The lowest BCUT2D eigenvalue weighted by atomic mass is 10.00. The van der Waals surface area contributed by atoms with E-state index in [4.69, 9.17) is 27.9 Å². The number of anilines is 1. The van der Waals surface area contributed by atoms with Crippen LogP contribution >= 0.6 is 23.2 Å². The van der Waals surface area contributed by atoms with Gasteiger partial charge in [-0.2, -0.15) is 0 Å². The van der Waals surface area contributed by atoms with Crippen LogP contribution in [0.3, 0.4) is 0 Å². The van der Waals surface area contributed by atoms with Gasteiger partial charge in [-0.3, -0.25) is 14.9 Å². The number of nitrogens with one attached hydrogen (secondary N) is 1. The molecule has 1 fully saturated rings. The predicted octanol–water partition coefficient (Wildman–Crippen LogP) is 5.71. The van der Waals surface area contributed by atoms with E-state index in [-0.39, 0.29) is 28.5 Å². The zero-order valence-corrected chi connectivity index (χ0v) is 20.2. The fourth-order valence-electron chi connectivity index (χ4n) is 3.68. The van der Waals surface area contributed by atoms with Crippen LogP contribution in [0, 0.1) is 12.7 Å². The number of ether oxygens (including phenoxy) is 1. The third-order valence-corrected chi connectivity index (χ3v) is 6.29. The van der Waals surface area contributed by atoms with Gasteiger partial charge in [0.25, 0.3) is 11.8 Å². The summed E-state index contributed by atoms with van der Waals surface area (Å²) in [5, 5.41) is 2.80. The van der Waals surface area contributed by atoms with Gasteiger partial charge in [0.05, 0.1) is 12.8 Å². The molecule has 9 heteroatoms. The van der Waals surface area contributed by atoms with Gasteiger partial charge in [0, 0.05) is 22.0 Å². The van der Waals surface area contributed by atoms with Crippen molar-refractivity contribution in [1.29, 1.82) is 0 Å². The SMILES string of the molecule is COc1cc(/C=C2\C(=O)NC(=O)N(c3ccc(C)c(Cl)c3)C2=O)cc(Cl)c1Cc1ccccc1F. The van der Waals surface area contributed by atoms with E-state index in [1.165, 1.54) is 31.4 Å². The lowest BCUT2D eigenvalue weighted by Crippen LogP contribution is -2.54. The number of carbonyl (C=O) groups excluding carboxylic acids is 3. The van der Waals surface area contributed by atoms with Gasteiger partial charge < -0.3 is 4.74 Å². The molecule has 0 atom stereocenters. The molecular formula is C26H19Cl2FN2O4. The second-order valence-electron chi connectivity index (χ2n) is 7.84. The van der Waals surface area contributed by atoms with E-state index in [0.717, 1.165) is 10.5 Å². The van der Waals surface area contributed by atoms with Crippen molar-refractivity contribution >= 4 is 52.8 Å². The minimum Gasteiger partial charge on any atom is -0.496 e. The van der Waals surface area contributed by atoms with Crippen molar-refractivity contribution in [2.45, 2.75) is 13.3 Å². The molecule has 0 aromatic heterocycles. The Morgan fingerprint density at radius 2 is 1.77 bits per heavy atom. The Hall–Kier alpha value is -3.68. The molecule has 0 unspecified atom stereocenters. The van der Waals surface area contributed by atoms with E-state index in [1.807, 2.05) is 0 Å². The second-order valence-corrected chi connectivity index (χ2v) is 8.66. The zero-order chi connectivity index (χ0) is 25.3. The normalized spacial score (nSPS) is 14.9. The number of urea groups is 1. The first kappa shape index (κ1) is 24.4. The molecule has 35 heavy (non-hydrogen) atoms. The maximum Gasteiger partial charge on any atom is 0.335 e. The molecule has 0 aliphatic carbocycles. The summed E-state index contributed by atoms with van der Waals surface area (Å²) >= 11 is 12.6. The number of carbonyl (C=O) groups is 3. The fraction of sp³-hybridized carbons (Fsp3) is 0.115. The molecule has 1 aliphatic heterocycles. The molecule has 0 saturated carbocycles. The maximum absolute atomic E-state index is 14.2. The van der Waals surface area contributed by atoms with Crippen molar-refractivity contribution in [3.05, 3.63) is 98.3 Å². The van der Waals surface area contributed by atoms with Gasteiger partial charge >= 0.3 is 6.03 Å². The molecule has 3 aromatic carbocycles. The largest absolute Gasteiger partial charge is 0.496 e. The van der Waals surface area contributed by atoms with Crippen molar-refractivity contribution in [2.24, 2.45) is 0 Å². The summed E-state index contributed by atoms with van der Waals surface area (Å²) in [6.07, 6.45) is 1.50. The molecule has 0 spiro atoms. The number of nitrogens with zero attached hydrogens (tertiary/aromatic N) is 1. The molecule has 1 aliphatic rings. The van der Waals surface area contributed by atoms with E-state index in [9.17, 15) is 18.8 Å². The van der Waals surface area contributed by atoms with Crippen LogP contribution in [0.5, 0.6) is 5.75 Å². The number of barbiturate groups is 1. The first-order chi connectivity index (χ1) is 16.7. The Morgan fingerprint density at radius 3 is 2.46 bits per heavy atom. The number of halogens is 3. The molecule has 4 amide bonds.